The molecule has 1 aliphatic rings. The Hall–Kier alpha value is -1.26. The largest absolute Gasteiger partial charge is 0.407 e. The number of nitrogens with zero attached hydrogens (tertiary/aromatic N) is 2. The van der Waals surface area contributed by atoms with E-state index in [0.29, 0.717) is 0 Å². The minimum absolute atomic E-state index is 0.113. The second kappa shape index (κ2) is 7.10. The maximum absolute atomic E-state index is 12.1. The lowest BCUT2D eigenvalue weighted by Crippen LogP contribution is -2.46. The number of nitrogen functional groups attached to an aromatic ring is 1. The Labute approximate surface area is 136 Å². The van der Waals surface area contributed by atoms with Gasteiger partial charge in [-0.3, -0.25) is 4.57 Å². The number of aliphatic hydroxyl groups excluding tert-OH is 2. The summed E-state index contributed by atoms with van der Waals surface area (Å²) in [4.78, 5) is 15.8. The van der Waals surface area contributed by atoms with E-state index >= 15 is 0 Å². The van der Waals surface area contributed by atoms with Crippen molar-refractivity contribution in [3.05, 3.63) is 22.7 Å². The summed E-state index contributed by atoms with van der Waals surface area (Å²) >= 11 is 0. The molecule has 23 heavy (non-hydrogen) atoms. The summed E-state index contributed by atoms with van der Waals surface area (Å²) in [6.07, 6.45) is -1.92. The number of ether oxygens (including phenoxy) is 1. The first-order valence-corrected chi connectivity index (χ1v) is 10.6. The van der Waals surface area contributed by atoms with E-state index < -0.39 is 38.5 Å². The SMILES string of the molecule is CC[Si](C)(CC)OC1C(O)C(CO)OC1n1ccc(N)nc1=O. The summed E-state index contributed by atoms with van der Waals surface area (Å²) in [7, 11) is -2.03. The van der Waals surface area contributed by atoms with Crippen LogP contribution in [0.2, 0.25) is 18.6 Å². The molecule has 2 rings (SSSR count). The zero-order chi connectivity index (χ0) is 17.2. The van der Waals surface area contributed by atoms with Gasteiger partial charge in [0.1, 0.15) is 24.1 Å². The normalized spacial score (nSPS) is 28.2. The molecule has 0 aromatic carbocycles. The molecule has 0 amide bonds. The molecule has 2 heterocycles. The molecule has 0 radical (unpaired) electrons. The number of hydrogen-bond acceptors (Lipinski definition) is 7. The number of aromatic nitrogens is 2. The molecule has 1 aliphatic heterocycles. The van der Waals surface area contributed by atoms with Crippen molar-refractivity contribution >= 4 is 14.1 Å². The standard InChI is InChI=1S/C14H25N3O5Si/c1-4-23(3,5-2)22-12-11(19)9(8-18)21-13(12)17-7-6-10(15)16-14(17)20/h6-7,9,11-13,18-19H,4-5,8H2,1-3H3,(H2,15,16,20). The quantitative estimate of drug-likeness (QED) is 0.625. The van der Waals surface area contributed by atoms with Gasteiger partial charge in [0.25, 0.3) is 0 Å². The van der Waals surface area contributed by atoms with Crippen molar-refractivity contribution in [3.8, 4) is 0 Å². The van der Waals surface area contributed by atoms with Crippen LogP contribution in [-0.2, 0) is 9.16 Å². The Balaban J connectivity index is 2.36. The Kier molecular flexibility index (Phi) is 5.58. The summed E-state index contributed by atoms with van der Waals surface area (Å²) < 4.78 is 13.1. The number of rotatable bonds is 6. The van der Waals surface area contributed by atoms with Crippen LogP contribution in [-0.4, -0.2) is 53.0 Å². The fourth-order valence-corrected chi connectivity index (χ4v) is 4.33. The summed E-state index contributed by atoms with van der Waals surface area (Å²) in [6, 6.07) is 3.23. The number of anilines is 1. The molecule has 0 spiro atoms. The van der Waals surface area contributed by atoms with Crippen LogP contribution in [0.3, 0.4) is 0 Å². The molecule has 130 valence electrons. The summed E-state index contributed by atoms with van der Waals surface area (Å²) in [5, 5.41) is 19.8. The molecule has 8 nitrogen and oxygen atoms in total. The van der Waals surface area contributed by atoms with Gasteiger partial charge in [0.2, 0.25) is 0 Å². The summed E-state index contributed by atoms with van der Waals surface area (Å²) in [5.41, 5.74) is 4.93. The molecule has 1 fully saturated rings. The number of nitrogens with two attached hydrogens (primary N) is 1. The van der Waals surface area contributed by atoms with Crippen LogP contribution in [0.5, 0.6) is 0 Å². The van der Waals surface area contributed by atoms with Crippen molar-refractivity contribution in [3.63, 3.8) is 0 Å². The van der Waals surface area contributed by atoms with Crippen LogP contribution in [0.25, 0.3) is 0 Å². The predicted molar refractivity (Wildman–Crippen MR) is 87.4 cm³/mol. The third-order valence-electron chi connectivity index (χ3n) is 4.53. The lowest BCUT2D eigenvalue weighted by molar-refractivity contribution is -0.0531. The zero-order valence-electron chi connectivity index (χ0n) is 13.7. The molecule has 9 heteroatoms. The molecule has 0 bridgehead atoms. The van der Waals surface area contributed by atoms with Crippen molar-refractivity contribution in [2.45, 2.75) is 57.0 Å². The predicted octanol–water partition coefficient (Wildman–Crippen LogP) is 0.0764. The van der Waals surface area contributed by atoms with E-state index in [-0.39, 0.29) is 12.4 Å². The molecular weight excluding hydrogens is 318 g/mol. The van der Waals surface area contributed by atoms with Crippen LogP contribution in [0, 0.1) is 0 Å². The van der Waals surface area contributed by atoms with E-state index in [1.165, 1.54) is 16.8 Å². The average Bonchev–Trinajstić information content (AvgIpc) is 2.83. The number of hydrogen-bond donors (Lipinski definition) is 3. The molecule has 1 aromatic heterocycles. The van der Waals surface area contributed by atoms with Gasteiger partial charge in [0.05, 0.1) is 6.61 Å². The van der Waals surface area contributed by atoms with E-state index in [1.807, 2.05) is 13.8 Å². The fraction of sp³-hybridized carbons (Fsp3) is 0.714. The Morgan fingerprint density at radius 2 is 2.13 bits per heavy atom. The third-order valence-corrected chi connectivity index (χ3v) is 8.37. The van der Waals surface area contributed by atoms with Crippen LogP contribution in [0.15, 0.2) is 17.1 Å². The molecule has 4 atom stereocenters. The van der Waals surface area contributed by atoms with Gasteiger partial charge in [-0.2, -0.15) is 4.98 Å². The minimum atomic E-state index is -2.03. The molecule has 1 saturated heterocycles. The van der Waals surface area contributed by atoms with Crippen LogP contribution in [0.4, 0.5) is 5.82 Å². The maximum atomic E-state index is 12.1. The smallest absolute Gasteiger partial charge is 0.351 e. The van der Waals surface area contributed by atoms with Crippen molar-refractivity contribution in [2.75, 3.05) is 12.3 Å². The van der Waals surface area contributed by atoms with Crippen LogP contribution >= 0.6 is 0 Å². The Bertz CT molecular complexity index is 592. The second-order valence-electron chi connectivity index (χ2n) is 6.02. The van der Waals surface area contributed by atoms with Gasteiger partial charge in [-0.15, -0.1) is 0 Å². The summed E-state index contributed by atoms with van der Waals surface area (Å²) in [5.74, 6) is 0.113. The van der Waals surface area contributed by atoms with Gasteiger partial charge in [0.15, 0.2) is 14.5 Å². The lowest BCUT2D eigenvalue weighted by atomic mass is 10.1. The molecule has 1 aromatic rings. The van der Waals surface area contributed by atoms with Crippen LogP contribution in [0.1, 0.15) is 20.1 Å². The highest BCUT2D eigenvalue weighted by Crippen LogP contribution is 2.34. The maximum Gasteiger partial charge on any atom is 0.351 e. The first-order valence-electron chi connectivity index (χ1n) is 7.82. The highest BCUT2D eigenvalue weighted by atomic mass is 28.4. The highest BCUT2D eigenvalue weighted by Gasteiger charge is 2.48. The van der Waals surface area contributed by atoms with E-state index in [2.05, 4.69) is 11.5 Å². The fourth-order valence-electron chi connectivity index (χ4n) is 2.58. The first-order chi connectivity index (χ1) is 10.8. The highest BCUT2D eigenvalue weighted by molar-refractivity contribution is 6.72. The minimum Gasteiger partial charge on any atom is -0.407 e. The van der Waals surface area contributed by atoms with Crippen molar-refractivity contribution in [2.24, 2.45) is 0 Å². The van der Waals surface area contributed by atoms with Gasteiger partial charge in [0, 0.05) is 6.20 Å². The van der Waals surface area contributed by atoms with E-state index in [9.17, 15) is 15.0 Å². The van der Waals surface area contributed by atoms with Gasteiger partial charge in [-0.05, 0) is 24.7 Å². The van der Waals surface area contributed by atoms with E-state index in [4.69, 9.17) is 14.9 Å². The monoisotopic (exact) mass is 343 g/mol. The van der Waals surface area contributed by atoms with Gasteiger partial charge < -0.3 is 25.1 Å². The van der Waals surface area contributed by atoms with Gasteiger partial charge in [-0.25, -0.2) is 4.79 Å². The van der Waals surface area contributed by atoms with Crippen molar-refractivity contribution in [1.82, 2.24) is 9.55 Å². The lowest BCUT2D eigenvalue weighted by Gasteiger charge is -2.32. The average molecular weight is 343 g/mol. The first kappa shape index (κ1) is 18.1. The third kappa shape index (κ3) is 3.64. The van der Waals surface area contributed by atoms with E-state index in [0.717, 1.165) is 12.1 Å². The van der Waals surface area contributed by atoms with Crippen LogP contribution < -0.4 is 11.4 Å². The number of aliphatic hydroxyl groups is 2. The second-order valence-corrected chi connectivity index (χ2v) is 10.6. The zero-order valence-corrected chi connectivity index (χ0v) is 14.7. The molecule has 4 unspecified atom stereocenters. The van der Waals surface area contributed by atoms with E-state index in [1.54, 1.807) is 0 Å². The van der Waals surface area contributed by atoms with Gasteiger partial charge in [-0.1, -0.05) is 13.8 Å². The molecule has 0 aliphatic carbocycles. The molecular formula is C14H25N3O5Si. The Morgan fingerprint density at radius 3 is 2.65 bits per heavy atom. The van der Waals surface area contributed by atoms with Crippen molar-refractivity contribution < 1.29 is 19.4 Å². The molecule has 0 saturated carbocycles. The van der Waals surface area contributed by atoms with Crippen molar-refractivity contribution in [1.29, 1.82) is 0 Å². The Morgan fingerprint density at radius 1 is 1.48 bits per heavy atom. The summed E-state index contributed by atoms with van der Waals surface area (Å²) in [6.45, 7) is 5.82. The topological polar surface area (TPSA) is 120 Å². The van der Waals surface area contributed by atoms with Gasteiger partial charge >= 0.3 is 5.69 Å². The molecule has 4 N–H and O–H groups in total.